The van der Waals surface area contributed by atoms with E-state index in [1.165, 1.54) is 18.4 Å². The monoisotopic (exact) mass is 473 g/mol. The maximum Gasteiger partial charge on any atom is 0.232 e. The summed E-state index contributed by atoms with van der Waals surface area (Å²) in [4.78, 5) is 15.5. The first-order chi connectivity index (χ1) is 16.7. The molecule has 1 aliphatic heterocycles. The second-order valence-electron chi connectivity index (χ2n) is 8.17. The van der Waals surface area contributed by atoms with Crippen LogP contribution < -0.4 is 11.1 Å². The number of nitrogen functional groups attached to an aromatic ring is 1. The zero-order chi connectivity index (χ0) is 23.2. The van der Waals surface area contributed by atoms with Crippen LogP contribution in [0.4, 0.5) is 17.6 Å². The van der Waals surface area contributed by atoms with Crippen molar-refractivity contribution in [3.05, 3.63) is 77.9 Å². The molecule has 174 valence electrons. The van der Waals surface area contributed by atoms with Gasteiger partial charge in [-0.1, -0.05) is 60.3 Å². The predicted molar refractivity (Wildman–Crippen MR) is 134 cm³/mol. The molecule has 0 amide bonds. The Balaban J connectivity index is 1.34. The molecule has 5 rings (SSSR count). The summed E-state index contributed by atoms with van der Waals surface area (Å²) in [5.74, 6) is 2.69. The zero-order valence-corrected chi connectivity index (χ0v) is 19.7. The van der Waals surface area contributed by atoms with Gasteiger partial charge in [0.2, 0.25) is 11.9 Å². The standard InChI is InChI=1S/C24H27N9S/c25-22-27-20(28-23(29-22)26-19-11-5-2-6-12-19)17-34-24-31-30-21(16-32-13-7-8-14-32)33(24)15-18-9-3-1-4-10-18/h1-6,9-12H,7-8,13-17H2,(H3,25,26,27,28,29). The van der Waals surface area contributed by atoms with Gasteiger partial charge in [0.15, 0.2) is 5.16 Å². The molecule has 10 heteroatoms. The average molecular weight is 474 g/mol. The van der Waals surface area contributed by atoms with Crippen molar-refractivity contribution >= 4 is 29.3 Å². The molecule has 0 bridgehead atoms. The summed E-state index contributed by atoms with van der Waals surface area (Å²) in [5, 5.41) is 13.1. The van der Waals surface area contributed by atoms with Gasteiger partial charge in [-0.2, -0.15) is 15.0 Å². The molecule has 3 N–H and O–H groups in total. The first-order valence-electron chi connectivity index (χ1n) is 11.4. The molecule has 1 saturated heterocycles. The quantitative estimate of drug-likeness (QED) is 0.351. The van der Waals surface area contributed by atoms with E-state index in [0.717, 1.165) is 42.8 Å². The number of hydrogen-bond acceptors (Lipinski definition) is 9. The Bertz CT molecular complexity index is 1210. The van der Waals surface area contributed by atoms with Gasteiger partial charge in [0, 0.05) is 5.69 Å². The van der Waals surface area contributed by atoms with Crippen LogP contribution in [0, 0.1) is 0 Å². The predicted octanol–water partition coefficient (Wildman–Crippen LogP) is 3.73. The molecule has 0 spiro atoms. The summed E-state index contributed by atoms with van der Waals surface area (Å²) in [6, 6.07) is 20.1. The fraction of sp³-hybridized carbons (Fsp3) is 0.292. The smallest absolute Gasteiger partial charge is 0.232 e. The van der Waals surface area contributed by atoms with Crippen LogP contribution in [-0.4, -0.2) is 47.7 Å². The highest BCUT2D eigenvalue weighted by Gasteiger charge is 2.19. The van der Waals surface area contributed by atoms with Gasteiger partial charge in [-0.15, -0.1) is 10.2 Å². The molecule has 4 aromatic rings. The van der Waals surface area contributed by atoms with Crippen molar-refractivity contribution in [1.29, 1.82) is 0 Å². The van der Waals surface area contributed by atoms with Crippen molar-refractivity contribution in [3.63, 3.8) is 0 Å². The molecule has 3 heterocycles. The Morgan fingerprint density at radius 3 is 2.35 bits per heavy atom. The first-order valence-corrected chi connectivity index (χ1v) is 12.4. The lowest BCUT2D eigenvalue weighted by atomic mass is 10.2. The van der Waals surface area contributed by atoms with Crippen molar-refractivity contribution in [2.45, 2.75) is 36.8 Å². The van der Waals surface area contributed by atoms with E-state index in [0.29, 0.717) is 17.5 Å². The molecule has 2 aromatic carbocycles. The molecule has 0 saturated carbocycles. The van der Waals surface area contributed by atoms with Crippen molar-refractivity contribution in [1.82, 2.24) is 34.6 Å². The van der Waals surface area contributed by atoms with E-state index in [1.807, 2.05) is 36.4 Å². The zero-order valence-electron chi connectivity index (χ0n) is 18.8. The van der Waals surface area contributed by atoms with Gasteiger partial charge >= 0.3 is 0 Å². The van der Waals surface area contributed by atoms with E-state index >= 15 is 0 Å². The van der Waals surface area contributed by atoms with Gasteiger partial charge in [0.25, 0.3) is 0 Å². The van der Waals surface area contributed by atoms with Crippen LogP contribution >= 0.6 is 11.8 Å². The fourth-order valence-electron chi connectivity index (χ4n) is 3.95. The third kappa shape index (κ3) is 5.70. The highest BCUT2D eigenvalue weighted by atomic mass is 32.2. The van der Waals surface area contributed by atoms with Crippen LogP contribution in [-0.2, 0) is 18.8 Å². The van der Waals surface area contributed by atoms with Crippen LogP contribution in [0.1, 0.15) is 30.1 Å². The van der Waals surface area contributed by atoms with E-state index in [1.54, 1.807) is 11.8 Å². The number of para-hydroxylation sites is 1. The number of rotatable bonds is 9. The number of thioether (sulfide) groups is 1. The summed E-state index contributed by atoms with van der Waals surface area (Å²) in [7, 11) is 0. The highest BCUT2D eigenvalue weighted by Crippen LogP contribution is 2.24. The normalized spacial score (nSPS) is 13.9. The summed E-state index contributed by atoms with van der Waals surface area (Å²) >= 11 is 1.56. The Morgan fingerprint density at radius 2 is 1.59 bits per heavy atom. The van der Waals surface area contributed by atoms with Gasteiger partial charge in [-0.05, 0) is 43.6 Å². The van der Waals surface area contributed by atoms with Gasteiger partial charge in [0.05, 0.1) is 18.8 Å². The number of aromatic nitrogens is 6. The first kappa shape index (κ1) is 22.3. The van der Waals surface area contributed by atoms with E-state index in [9.17, 15) is 0 Å². The number of likely N-dealkylation sites (tertiary alicyclic amines) is 1. The summed E-state index contributed by atoms with van der Waals surface area (Å²) < 4.78 is 2.20. The molecule has 0 atom stereocenters. The largest absolute Gasteiger partial charge is 0.368 e. The lowest BCUT2D eigenvalue weighted by Crippen LogP contribution is -2.21. The van der Waals surface area contributed by atoms with Crippen LogP contribution in [0.15, 0.2) is 65.8 Å². The van der Waals surface area contributed by atoms with Crippen LogP contribution in [0.3, 0.4) is 0 Å². The molecule has 0 unspecified atom stereocenters. The van der Waals surface area contributed by atoms with Crippen molar-refractivity contribution in [2.75, 3.05) is 24.1 Å². The number of nitrogens with one attached hydrogen (secondary N) is 1. The van der Waals surface area contributed by atoms with Gasteiger partial charge in [-0.25, -0.2) is 0 Å². The average Bonchev–Trinajstić information content (AvgIpc) is 3.49. The number of hydrogen-bond donors (Lipinski definition) is 2. The third-order valence-corrected chi connectivity index (χ3v) is 6.56. The highest BCUT2D eigenvalue weighted by molar-refractivity contribution is 7.98. The summed E-state index contributed by atoms with van der Waals surface area (Å²) in [5.41, 5.74) is 8.06. The minimum atomic E-state index is 0.185. The number of benzene rings is 2. The van der Waals surface area contributed by atoms with E-state index in [-0.39, 0.29) is 5.95 Å². The van der Waals surface area contributed by atoms with Crippen LogP contribution in [0.2, 0.25) is 0 Å². The maximum absolute atomic E-state index is 5.96. The van der Waals surface area contributed by atoms with Gasteiger partial charge in [0.1, 0.15) is 11.6 Å². The third-order valence-electron chi connectivity index (χ3n) is 5.60. The van der Waals surface area contributed by atoms with Crippen LogP contribution in [0.25, 0.3) is 0 Å². The number of nitrogens with two attached hydrogens (primary N) is 1. The topological polar surface area (TPSA) is 111 Å². The fourth-order valence-corrected chi connectivity index (χ4v) is 4.76. The second-order valence-corrected chi connectivity index (χ2v) is 9.11. The molecule has 1 aliphatic rings. The van der Waals surface area contributed by atoms with E-state index in [4.69, 9.17) is 5.73 Å². The lowest BCUT2D eigenvalue weighted by molar-refractivity contribution is 0.316. The van der Waals surface area contributed by atoms with Crippen molar-refractivity contribution in [2.24, 2.45) is 0 Å². The second kappa shape index (κ2) is 10.6. The van der Waals surface area contributed by atoms with E-state index < -0.39 is 0 Å². The van der Waals surface area contributed by atoms with Crippen molar-refractivity contribution in [3.8, 4) is 0 Å². The van der Waals surface area contributed by atoms with E-state index in [2.05, 4.69) is 64.2 Å². The van der Waals surface area contributed by atoms with Crippen LogP contribution in [0.5, 0.6) is 0 Å². The lowest BCUT2D eigenvalue weighted by Gasteiger charge is -2.16. The Kier molecular flexibility index (Phi) is 6.97. The molecule has 9 nitrogen and oxygen atoms in total. The van der Waals surface area contributed by atoms with Crippen molar-refractivity contribution < 1.29 is 0 Å². The number of nitrogens with zero attached hydrogens (tertiary/aromatic N) is 7. The summed E-state index contributed by atoms with van der Waals surface area (Å²) in [6.45, 7) is 3.76. The SMILES string of the molecule is Nc1nc(CSc2nnc(CN3CCCC3)n2Cc2ccccc2)nc(Nc2ccccc2)n1. The molecule has 0 radical (unpaired) electrons. The molecule has 34 heavy (non-hydrogen) atoms. The molecular weight excluding hydrogens is 446 g/mol. The number of anilines is 3. The minimum absolute atomic E-state index is 0.185. The molecule has 0 aliphatic carbocycles. The van der Waals surface area contributed by atoms with Gasteiger partial charge in [-0.3, -0.25) is 4.90 Å². The van der Waals surface area contributed by atoms with Gasteiger partial charge < -0.3 is 15.6 Å². The molecule has 2 aromatic heterocycles. The Labute approximate surface area is 202 Å². The maximum atomic E-state index is 5.96. The summed E-state index contributed by atoms with van der Waals surface area (Å²) in [6.07, 6.45) is 2.49. The Morgan fingerprint density at radius 1 is 0.853 bits per heavy atom. The minimum Gasteiger partial charge on any atom is -0.368 e. The molecule has 1 fully saturated rings. The molecular formula is C24H27N9S. The Hall–Kier alpha value is -3.50.